The van der Waals surface area contributed by atoms with E-state index in [9.17, 15) is 13.6 Å². The van der Waals surface area contributed by atoms with E-state index in [-0.39, 0.29) is 16.9 Å². The van der Waals surface area contributed by atoms with E-state index in [0.717, 1.165) is 6.20 Å². The second kappa shape index (κ2) is 7.21. The number of amides is 1. The summed E-state index contributed by atoms with van der Waals surface area (Å²) in [7, 11) is 0. The van der Waals surface area contributed by atoms with E-state index in [4.69, 9.17) is 4.74 Å². The molecule has 2 aromatic rings. The molecule has 1 amide bonds. The predicted octanol–water partition coefficient (Wildman–Crippen LogP) is 4.32. The number of carbonyl (C=O) groups is 1. The van der Waals surface area contributed by atoms with Crippen LogP contribution in [0.15, 0.2) is 35.1 Å². The molecule has 0 spiro atoms. The highest BCUT2D eigenvalue weighted by Gasteiger charge is 2.29. The van der Waals surface area contributed by atoms with Crippen molar-refractivity contribution in [2.24, 2.45) is 0 Å². The molecule has 8 heteroatoms. The maximum absolute atomic E-state index is 13.4. The monoisotopic (exact) mass is 399 g/mol. The molecule has 0 saturated carbocycles. The Bertz CT molecular complexity index is 750. The van der Waals surface area contributed by atoms with Crippen molar-refractivity contribution in [3.05, 3.63) is 52.4 Å². The fraction of sp³-hybridized carbons (Fsp3) is 0.312. The summed E-state index contributed by atoms with van der Waals surface area (Å²) < 4.78 is 32.0. The highest BCUT2D eigenvalue weighted by Crippen LogP contribution is 2.21. The van der Waals surface area contributed by atoms with Crippen LogP contribution in [-0.2, 0) is 6.54 Å². The third-order valence-corrected chi connectivity index (χ3v) is 3.69. The van der Waals surface area contributed by atoms with E-state index in [1.165, 1.54) is 29.3 Å². The molecule has 2 rings (SSSR count). The lowest BCUT2D eigenvalue weighted by Gasteiger charge is -2.34. The summed E-state index contributed by atoms with van der Waals surface area (Å²) in [5.41, 5.74) is -0.103. The first-order chi connectivity index (χ1) is 11.2. The lowest BCUT2D eigenvalue weighted by molar-refractivity contribution is 0.1000. The van der Waals surface area contributed by atoms with Crippen molar-refractivity contribution < 1.29 is 18.3 Å². The van der Waals surface area contributed by atoms with E-state index in [1.54, 1.807) is 20.8 Å². The zero-order valence-electron chi connectivity index (χ0n) is 13.4. The zero-order chi connectivity index (χ0) is 17.9. The summed E-state index contributed by atoms with van der Waals surface area (Å²) in [5.74, 6) is -1.43. The molecule has 0 aromatic carbocycles. The summed E-state index contributed by atoms with van der Waals surface area (Å²) in [6.45, 7) is 5.50. The van der Waals surface area contributed by atoms with Crippen LogP contribution in [0.5, 0.6) is 5.88 Å². The molecular weight excluding hydrogens is 384 g/mol. The van der Waals surface area contributed by atoms with Gasteiger partial charge in [0.25, 0.3) is 0 Å². The third-order valence-electron chi connectivity index (χ3n) is 3.10. The van der Waals surface area contributed by atoms with Gasteiger partial charge in [-0.05, 0) is 54.4 Å². The van der Waals surface area contributed by atoms with Gasteiger partial charge in [0.2, 0.25) is 11.8 Å². The molecule has 0 atom stereocenters. The molecule has 0 saturated heterocycles. The minimum absolute atomic E-state index is 0.0894. The predicted molar refractivity (Wildman–Crippen MR) is 87.4 cm³/mol. The molecule has 0 aliphatic heterocycles. The van der Waals surface area contributed by atoms with Gasteiger partial charge in [-0.2, -0.15) is 9.37 Å². The summed E-state index contributed by atoms with van der Waals surface area (Å²) in [4.78, 5) is 21.1. The summed E-state index contributed by atoms with van der Waals surface area (Å²) in [6, 6.07) is 4.05. The number of pyridine rings is 2. The highest BCUT2D eigenvalue weighted by atomic mass is 79.9. The van der Waals surface area contributed by atoms with Crippen molar-refractivity contribution in [1.29, 1.82) is 0 Å². The van der Waals surface area contributed by atoms with Crippen LogP contribution >= 0.6 is 15.9 Å². The molecule has 0 radical (unpaired) electrons. The average Bonchev–Trinajstić information content (AvgIpc) is 2.47. The van der Waals surface area contributed by atoms with E-state index < -0.39 is 23.4 Å². The van der Waals surface area contributed by atoms with Gasteiger partial charge in [-0.25, -0.2) is 9.18 Å². The van der Waals surface area contributed by atoms with Gasteiger partial charge in [-0.1, -0.05) is 0 Å². The van der Waals surface area contributed by atoms with Crippen LogP contribution in [0, 0.1) is 11.8 Å². The van der Waals surface area contributed by atoms with Crippen LogP contribution in [0.2, 0.25) is 0 Å². The van der Waals surface area contributed by atoms with Gasteiger partial charge in [-0.3, -0.25) is 9.88 Å². The van der Waals surface area contributed by atoms with E-state index in [2.05, 4.69) is 25.9 Å². The molecule has 24 heavy (non-hydrogen) atoms. The van der Waals surface area contributed by atoms with Gasteiger partial charge >= 0.3 is 6.09 Å². The molecule has 5 nitrogen and oxygen atoms in total. The average molecular weight is 400 g/mol. The van der Waals surface area contributed by atoms with Gasteiger partial charge in [0.1, 0.15) is 5.82 Å². The minimum Gasteiger partial charge on any atom is -0.391 e. The van der Waals surface area contributed by atoms with Crippen molar-refractivity contribution in [2.45, 2.75) is 32.9 Å². The number of carbonyl (C=O) groups excluding carboxylic acids is 1. The third kappa shape index (κ3) is 4.70. The highest BCUT2D eigenvalue weighted by molar-refractivity contribution is 9.10. The van der Waals surface area contributed by atoms with Crippen molar-refractivity contribution in [3.8, 4) is 5.88 Å². The Labute approximate surface area is 146 Å². The van der Waals surface area contributed by atoms with Crippen LogP contribution in [0.4, 0.5) is 13.6 Å². The van der Waals surface area contributed by atoms with Crippen LogP contribution in [0.1, 0.15) is 26.3 Å². The van der Waals surface area contributed by atoms with Gasteiger partial charge in [0.15, 0.2) is 0 Å². The van der Waals surface area contributed by atoms with Gasteiger partial charge in [-0.15, -0.1) is 0 Å². The molecule has 0 N–H and O–H groups in total. The molecule has 0 bridgehead atoms. The molecule has 0 aliphatic carbocycles. The normalized spacial score (nSPS) is 11.2. The standard InChI is InChI=1S/C16H16BrF2N3O2/c1-16(2,3)22(9-10-6-11(18)8-20-7-10)15(23)24-13-5-4-12(17)14(19)21-13/h4-8H,9H2,1-3H3. The van der Waals surface area contributed by atoms with E-state index in [0.29, 0.717) is 5.56 Å². The molecule has 0 aliphatic rings. The quantitative estimate of drug-likeness (QED) is 0.721. The van der Waals surface area contributed by atoms with Crippen LogP contribution in [0.3, 0.4) is 0 Å². The molecule has 128 valence electrons. The zero-order valence-corrected chi connectivity index (χ0v) is 15.0. The molecule has 2 heterocycles. The number of halogens is 3. The number of hydrogen-bond acceptors (Lipinski definition) is 4. The second-order valence-corrected chi connectivity index (χ2v) is 6.91. The number of rotatable bonds is 3. The Morgan fingerprint density at radius 1 is 1.29 bits per heavy atom. The Kier molecular flexibility index (Phi) is 5.48. The van der Waals surface area contributed by atoms with E-state index >= 15 is 0 Å². The Balaban J connectivity index is 2.20. The topological polar surface area (TPSA) is 55.3 Å². The fourth-order valence-electron chi connectivity index (χ4n) is 1.90. The van der Waals surface area contributed by atoms with Crippen LogP contribution < -0.4 is 4.74 Å². The van der Waals surface area contributed by atoms with Crippen LogP contribution in [-0.4, -0.2) is 26.5 Å². The number of hydrogen-bond donors (Lipinski definition) is 0. The molecule has 0 unspecified atom stereocenters. The van der Waals surface area contributed by atoms with Gasteiger partial charge < -0.3 is 4.74 Å². The first kappa shape index (κ1) is 18.3. The smallest absolute Gasteiger partial charge is 0.391 e. The van der Waals surface area contributed by atoms with Crippen molar-refractivity contribution in [2.75, 3.05) is 0 Å². The summed E-state index contributed by atoms with van der Waals surface area (Å²) >= 11 is 2.98. The number of aromatic nitrogens is 2. The summed E-state index contributed by atoms with van der Waals surface area (Å²) in [5, 5.41) is 0. The maximum Gasteiger partial charge on any atom is 0.417 e. The van der Waals surface area contributed by atoms with Crippen LogP contribution in [0.25, 0.3) is 0 Å². The largest absolute Gasteiger partial charge is 0.417 e. The lowest BCUT2D eigenvalue weighted by Crippen LogP contribution is -2.46. The van der Waals surface area contributed by atoms with E-state index in [1.807, 2.05) is 0 Å². The molecular formula is C16H16BrF2N3O2. The van der Waals surface area contributed by atoms with Crippen molar-refractivity contribution >= 4 is 22.0 Å². The SMILES string of the molecule is CC(C)(C)N(Cc1cncc(F)c1)C(=O)Oc1ccc(Br)c(F)n1. The molecule has 0 fully saturated rings. The second-order valence-electron chi connectivity index (χ2n) is 6.06. The van der Waals surface area contributed by atoms with Crippen molar-refractivity contribution in [1.82, 2.24) is 14.9 Å². The fourth-order valence-corrected chi connectivity index (χ4v) is 2.12. The Hall–Kier alpha value is -2.09. The Morgan fingerprint density at radius 2 is 2.00 bits per heavy atom. The van der Waals surface area contributed by atoms with Crippen molar-refractivity contribution in [3.63, 3.8) is 0 Å². The van der Waals surface area contributed by atoms with Gasteiger partial charge in [0.05, 0.1) is 17.2 Å². The minimum atomic E-state index is -0.781. The maximum atomic E-state index is 13.4. The lowest BCUT2D eigenvalue weighted by atomic mass is 10.1. The number of ether oxygens (including phenoxy) is 1. The number of nitrogens with zero attached hydrogens (tertiary/aromatic N) is 3. The first-order valence-electron chi connectivity index (χ1n) is 7.08. The van der Waals surface area contributed by atoms with Gasteiger partial charge in [0, 0.05) is 17.8 Å². The Morgan fingerprint density at radius 3 is 2.58 bits per heavy atom. The first-order valence-corrected chi connectivity index (χ1v) is 7.87. The molecule has 2 aromatic heterocycles. The summed E-state index contributed by atoms with van der Waals surface area (Å²) in [6.07, 6.45) is 1.82.